The highest BCUT2D eigenvalue weighted by atomic mass is 16.3. The van der Waals surface area contributed by atoms with Gasteiger partial charge >= 0.3 is 0 Å². The van der Waals surface area contributed by atoms with Gasteiger partial charge < -0.3 is 4.42 Å². The molecule has 4 nitrogen and oxygen atoms in total. The van der Waals surface area contributed by atoms with E-state index in [1.807, 2.05) is 54.6 Å². The summed E-state index contributed by atoms with van der Waals surface area (Å²) >= 11 is 0. The number of hydrogen-bond donors (Lipinski definition) is 0. The van der Waals surface area contributed by atoms with Crippen LogP contribution in [0.5, 0.6) is 0 Å². The smallest absolute Gasteiger partial charge is 0.164 e. The molecule has 4 heteroatoms. The second-order valence-corrected chi connectivity index (χ2v) is 14.9. The SMILES string of the molecule is CC1(C)c2ccccc2-c2cc3c(ccc4c(-c5nc(-c6ccccc6)nc(-c6ccc7c(c6)oc6ccccc67)n5)cccc43)cc2C1(C)C. The van der Waals surface area contributed by atoms with Crippen LogP contribution in [-0.4, -0.2) is 15.0 Å². The minimum atomic E-state index is -0.0534. The van der Waals surface area contributed by atoms with E-state index in [2.05, 4.69) is 113 Å². The number of hydrogen-bond acceptors (Lipinski definition) is 4. The average Bonchev–Trinajstić information content (AvgIpc) is 3.54. The van der Waals surface area contributed by atoms with Crippen molar-refractivity contribution < 1.29 is 4.42 Å². The van der Waals surface area contributed by atoms with Crippen molar-refractivity contribution >= 4 is 43.5 Å². The highest BCUT2D eigenvalue weighted by Gasteiger charge is 2.45. The summed E-state index contributed by atoms with van der Waals surface area (Å²) in [6.07, 6.45) is 0. The van der Waals surface area contributed by atoms with Gasteiger partial charge in [-0.05, 0) is 85.0 Å². The molecule has 0 atom stereocenters. The molecule has 9 aromatic rings. The third kappa shape index (κ3) is 4.36. The number of furan rings is 1. The summed E-state index contributed by atoms with van der Waals surface area (Å²) < 4.78 is 6.26. The zero-order chi connectivity index (χ0) is 34.5. The molecule has 0 N–H and O–H groups in total. The van der Waals surface area contributed by atoms with Gasteiger partial charge in [0, 0.05) is 27.5 Å². The molecule has 0 spiro atoms. The van der Waals surface area contributed by atoms with Crippen LogP contribution in [0.3, 0.4) is 0 Å². The van der Waals surface area contributed by atoms with Crippen molar-refractivity contribution in [2.24, 2.45) is 0 Å². The lowest BCUT2D eigenvalue weighted by molar-refractivity contribution is 0.299. The lowest BCUT2D eigenvalue weighted by Gasteiger charge is -2.48. The molecule has 0 saturated carbocycles. The summed E-state index contributed by atoms with van der Waals surface area (Å²) in [5.41, 5.74) is 9.82. The van der Waals surface area contributed by atoms with Gasteiger partial charge in [0.15, 0.2) is 17.5 Å². The summed E-state index contributed by atoms with van der Waals surface area (Å²) in [7, 11) is 0. The Labute approximate surface area is 296 Å². The van der Waals surface area contributed by atoms with Crippen molar-refractivity contribution in [3.63, 3.8) is 0 Å². The molecule has 0 unspecified atom stereocenters. The molecule has 2 aromatic heterocycles. The van der Waals surface area contributed by atoms with Crippen LogP contribution in [0.15, 0.2) is 144 Å². The van der Waals surface area contributed by atoms with E-state index in [-0.39, 0.29) is 10.8 Å². The van der Waals surface area contributed by atoms with Gasteiger partial charge in [0.05, 0.1) is 0 Å². The maximum Gasteiger partial charge on any atom is 0.164 e. The van der Waals surface area contributed by atoms with Crippen molar-refractivity contribution in [2.75, 3.05) is 0 Å². The van der Waals surface area contributed by atoms with Gasteiger partial charge in [0.2, 0.25) is 0 Å². The van der Waals surface area contributed by atoms with Gasteiger partial charge in [0.1, 0.15) is 11.2 Å². The molecular weight excluding hydrogens is 623 g/mol. The number of rotatable bonds is 3. The van der Waals surface area contributed by atoms with Crippen molar-refractivity contribution in [1.29, 1.82) is 0 Å². The number of aromatic nitrogens is 3. The van der Waals surface area contributed by atoms with Crippen LogP contribution in [-0.2, 0) is 10.8 Å². The normalized spacial score (nSPS) is 14.6. The molecule has 0 aliphatic heterocycles. The molecule has 244 valence electrons. The summed E-state index contributed by atoms with van der Waals surface area (Å²) in [5.74, 6) is 1.88. The summed E-state index contributed by atoms with van der Waals surface area (Å²) in [6.45, 7) is 9.54. The highest BCUT2D eigenvalue weighted by Crippen LogP contribution is 2.54. The second kappa shape index (κ2) is 10.7. The molecule has 0 radical (unpaired) electrons. The van der Waals surface area contributed by atoms with Gasteiger partial charge in [-0.2, -0.15) is 0 Å². The van der Waals surface area contributed by atoms with Crippen LogP contribution in [0.2, 0.25) is 0 Å². The number of fused-ring (bicyclic) bond motifs is 9. The Hall–Kier alpha value is -6.13. The van der Waals surface area contributed by atoms with E-state index < -0.39 is 0 Å². The average molecular weight is 658 g/mol. The van der Waals surface area contributed by atoms with Crippen molar-refractivity contribution in [2.45, 2.75) is 38.5 Å². The molecular formula is C47H35N3O. The van der Waals surface area contributed by atoms with Crippen LogP contribution in [0.1, 0.15) is 38.8 Å². The predicted molar refractivity (Wildman–Crippen MR) is 210 cm³/mol. The van der Waals surface area contributed by atoms with Gasteiger partial charge in [-0.1, -0.05) is 137 Å². The quantitative estimate of drug-likeness (QED) is 0.177. The number of nitrogens with zero attached hydrogens (tertiary/aromatic N) is 3. The van der Waals surface area contributed by atoms with Crippen LogP contribution in [0.4, 0.5) is 0 Å². The monoisotopic (exact) mass is 657 g/mol. The molecule has 7 aromatic carbocycles. The van der Waals surface area contributed by atoms with Crippen LogP contribution >= 0.6 is 0 Å². The lowest BCUT2D eigenvalue weighted by Crippen LogP contribution is -2.43. The third-order valence-electron chi connectivity index (χ3n) is 11.7. The van der Waals surface area contributed by atoms with Gasteiger partial charge in [0.25, 0.3) is 0 Å². The minimum absolute atomic E-state index is 0.0178. The van der Waals surface area contributed by atoms with Gasteiger partial charge in [-0.3, -0.25) is 0 Å². The predicted octanol–water partition coefficient (Wildman–Crippen LogP) is 12.3. The fourth-order valence-electron chi connectivity index (χ4n) is 8.22. The first-order valence-corrected chi connectivity index (χ1v) is 17.6. The summed E-state index contributed by atoms with van der Waals surface area (Å²) in [6, 6.07) is 49.3. The second-order valence-electron chi connectivity index (χ2n) is 14.9. The van der Waals surface area contributed by atoms with E-state index in [0.29, 0.717) is 17.5 Å². The van der Waals surface area contributed by atoms with Gasteiger partial charge in [-0.15, -0.1) is 0 Å². The van der Waals surface area contributed by atoms with E-state index in [9.17, 15) is 0 Å². The van der Waals surface area contributed by atoms with E-state index in [0.717, 1.165) is 44.0 Å². The number of para-hydroxylation sites is 1. The van der Waals surface area contributed by atoms with Crippen molar-refractivity contribution in [1.82, 2.24) is 15.0 Å². The standard InChI is InChI=1S/C47H35N3O/c1-46(2)39-19-10-8-15-33(39)38-27-37-29(25-40(38)47(46,3)4)21-23-32-31(37)17-12-18-36(32)45-49-43(28-13-6-5-7-14-28)48-44(50-45)30-22-24-35-34-16-9-11-20-41(34)51-42(35)26-30/h5-27H,1-4H3. The molecule has 1 aliphatic carbocycles. The van der Waals surface area contributed by atoms with Crippen molar-refractivity contribution in [3.8, 4) is 45.3 Å². The maximum atomic E-state index is 6.26. The summed E-state index contributed by atoms with van der Waals surface area (Å²) in [4.78, 5) is 15.3. The van der Waals surface area contributed by atoms with Crippen LogP contribution < -0.4 is 0 Å². The third-order valence-corrected chi connectivity index (χ3v) is 11.7. The fraction of sp³-hybridized carbons (Fsp3) is 0.128. The van der Waals surface area contributed by atoms with Crippen LogP contribution in [0.25, 0.3) is 88.8 Å². The van der Waals surface area contributed by atoms with E-state index in [1.54, 1.807) is 0 Å². The maximum absolute atomic E-state index is 6.26. The molecule has 0 fully saturated rings. The fourth-order valence-corrected chi connectivity index (χ4v) is 8.22. The van der Waals surface area contributed by atoms with Crippen LogP contribution in [0, 0.1) is 0 Å². The van der Waals surface area contributed by atoms with E-state index in [1.165, 1.54) is 38.4 Å². The van der Waals surface area contributed by atoms with E-state index in [4.69, 9.17) is 19.4 Å². The Morgan fingerprint density at radius 3 is 1.90 bits per heavy atom. The molecule has 0 bridgehead atoms. The first kappa shape index (κ1) is 29.8. The lowest BCUT2D eigenvalue weighted by atomic mass is 9.55. The Kier molecular flexibility index (Phi) is 6.23. The van der Waals surface area contributed by atoms with E-state index >= 15 is 0 Å². The minimum Gasteiger partial charge on any atom is -0.456 e. The Morgan fingerprint density at radius 2 is 1.04 bits per heavy atom. The Morgan fingerprint density at radius 1 is 0.392 bits per heavy atom. The number of benzene rings is 7. The zero-order valence-electron chi connectivity index (χ0n) is 29.0. The first-order valence-electron chi connectivity index (χ1n) is 17.6. The molecule has 0 amide bonds. The molecule has 2 heterocycles. The molecule has 51 heavy (non-hydrogen) atoms. The van der Waals surface area contributed by atoms with Gasteiger partial charge in [-0.25, -0.2) is 15.0 Å². The molecule has 1 aliphatic rings. The zero-order valence-corrected chi connectivity index (χ0v) is 29.0. The largest absolute Gasteiger partial charge is 0.456 e. The highest BCUT2D eigenvalue weighted by molar-refractivity contribution is 6.13. The Balaban J connectivity index is 1.19. The molecule has 0 saturated heterocycles. The Bertz CT molecular complexity index is 2860. The summed E-state index contributed by atoms with van der Waals surface area (Å²) in [5, 5.41) is 6.93. The van der Waals surface area contributed by atoms with Crippen molar-refractivity contribution in [3.05, 3.63) is 151 Å². The topological polar surface area (TPSA) is 51.8 Å². The molecule has 10 rings (SSSR count). The first-order chi connectivity index (χ1) is 24.8.